The molecule has 0 unspecified atom stereocenters. The number of nitro benzene ring substituents is 1. The third-order valence-electron chi connectivity index (χ3n) is 2.82. The van der Waals surface area contributed by atoms with E-state index in [-0.39, 0.29) is 5.69 Å². The zero-order valence-corrected chi connectivity index (χ0v) is 11.2. The average Bonchev–Trinajstić information content (AvgIpc) is 2.43. The molecule has 0 aliphatic rings. The van der Waals surface area contributed by atoms with Gasteiger partial charge in [-0.3, -0.25) is 10.1 Å². The SMILES string of the molecule is Cc1ccccc1NC(=O)Nc1ccc(O)c([N+](=O)[O-])c1. The van der Waals surface area contributed by atoms with Crippen LogP contribution in [0.1, 0.15) is 5.56 Å². The molecule has 7 heteroatoms. The second kappa shape index (κ2) is 5.91. The number of nitro groups is 1. The van der Waals surface area contributed by atoms with E-state index in [0.29, 0.717) is 5.69 Å². The van der Waals surface area contributed by atoms with Crippen LogP contribution in [-0.2, 0) is 0 Å². The highest BCUT2D eigenvalue weighted by atomic mass is 16.6. The fraction of sp³-hybridized carbons (Fsp3) is 0.0714. The van der Waals surface area contributed by atoms with Crippen LogP contribution in [0, 0.1) is 17.0 Å². The molecule has 3 N–H and O–H groups in total. The molecule has 21 heavy (non-hydrogen) atoms. The van der Waals surface area contributed by atoms with Gasteiger partial charge in [0.25, 0.3) is 0 Å². The molecule has 108 valence electrons. The topological polar surface area (TPSA) is 104 Å². The van der Waals surface area contributed by atoms with Crippen molar-refractivity contribution in [3.8, 4) is 5.75 Å². The predicted octanol–water partition coefficient (Wildman–Crippen LogP) is 3.25. The maximum Gasteiger partial charge on any atom is 0.323 e. The highest BCUT2D eigenvalue weighted by Gasteiger charge is 2.14. The molecule has 0 aromatic heterocycles. The number of hydrogen-bond donors (Lipinski definition) is 3. The number of urea groups is 1. The number of amides is 2. The first kappa shape index (κ1) is 14.3. The summed E-state index contributed by atoms with van der Waals surface area (Å²) in [6.45, 7) is 1.85. The first-order valence-corrected chi connectivity index (χ1v) is 6.08. The molecule has 0 saturated carbocycles. The fourth-order valence-corrected chi connectivity index (χ4v) is 1.75. The lowest BCUT2D eigenvalue weighted by atomic mass is 10.2. The molecule has 2 rings (SSSR count). The molecule has 0 aliphatic heterocycles. The first-order valence-electron chi connectivity index (χ1n) is 6.08. The van der Waals surface area contributed by atoms with Gasteiger partial charge in [-0.25, -0.2) is 4.79 Å². The molecule has 0 aliphatic carbocycles. The standard InChI is InChI=1S/C14H13N3O4/c1-9-4-2-3-5-11(9)16-14(19)15-10-6-7-13(18)12(8-10)17(20)21/h2-8,18H,1H3,(H2,15,16,19). The molecular weight excluding hydrogens is 274 g/mol. The quantitative estimate of drug-likeness (QED) is 0.457. The lowest BCUT2D eigenvalue weighted by molar-refractivity contribution is -0.385. The van der Waals surface area contributed by atoms with Crippen molar-refractivity contribution in [2.24, 2.45) is 0 Å². The Balaban J connectivity index is 2.12. The summed E-state index contributed by atoms with van der Waals surface area (Å²) in [6.07, 6.45) is 0. The minimum atomic E-state index is -0.722. The number of anilines is 2. The van der Waals surface area contributed by atoms with Crippen molar-refractivity contribution in [3.05, 3.63) is 58.1 Å². The van der Waals surface area contributed by atoms with Crippen LogP contribution in [0.25, 0.3) is 0 Å². The smallest absolute Gasteiger partial charge is 0.323 e. The highest BCUT2D eigenvalue weighted by molar-refractivity contribution is 6.00. The molecule has 0 fully saturated rings. The minimum Gasteiger partial charge on any atom is -0.502 e. The van der Waals surface area contributed by atoms with Crippen LogP contribution in [-0.4, -0.2) is 16.1 Å². The number of phenolic OH excluding ortho intramolecular Hbond substituents is 1. The Labute approximate surface area is 120 Å². The van der Waals surface area contributed by atoms with Crippen LogP contribution in [0.5, 0.6) is 5.75 Å². The average molecular weight is 287 g/mol. The Hall–Kier alpha value is -3.09. The van der Waals surface area contributed by atoms with Gasteiger partial charge in [0.2, 0.25) is 0 Å². The van der Waals surface area contributed by atoms with Gasteiger partial charge in [0, 0.05) is 17.4 Å². The van der Waals surface area contributed by atoms with Crippen molar-refractivity contribution in [2.45, 2.75) is 6.92 Å². The molecule has 2 aromatic rings. The maximum atomic E-state index is 11.8. The Bertz CT molecular complexity index is 700. The third-order valence-corrected chi connectivity index (χ3v) is 2.82. The second-order valence-corrected chi connectivity index (χ2v) is 4.35. The Kier molecular flexibility index (Phi) is 4.03. The third kappa shape index (κ3) is 3.47. The second-order valence-electron chi connectivity index (χ2n) is 4.35. The van der Waals surface area contributed by atoms with Crippen LogP contribution in [0.15, 0.2) is 42.5 Å². The van der Waals surface area contributed by atoms with Crippen molar-refractivity contribution in [1.82, 2.24) is 0 Å². The number of rotatable bonds is 3. The minimum absolute atomic E-state index is 0.214. The van der Waals surface area contributed by atoms with Gasteiger partial charge < -0.3 is 15.7 Å². The molecule has 0 heterocycles. The van der Waals surface area contributed by atoms with E-state index in [4.69, 9.17) is 0 Å². The Morgan fingerprint density at radius 1 is 1.19 bits per heavy atom. The van der Waals surface area contributed by atoms with Crippen LogP contribution < -0.4 is 10.6 Å². The number of hydrogen-bond acceptors (Lipinski definition) is 4. The Morgan fingerprint density at radius 2 is 1.90 bits per heavy atom. The van der Waals surface area contributed by atoms with E-state index in [1.54, 1.807) is 12.1 Å². The number of para-hydroxylation sites is 1. The zero-order chi connectivity index (χ0) is 15.4. The van der Waals surface area contributed by atoms with Crippen LogP contribution in [0.4, 0.5) is 21.9 Å². The summed E-state index contributed by atoms with van der Waals surface area (Å²) in [6, 6.07) is 10.3. The van der Waals surface area contributed by atoms with E-state index in [9.17, 15) is 20.0 Å². The molecular formula is C14H13N3O4. The number of aryl methyl sites for hydroxylation is 1. The summed E-state index contributed by atoms with van der Waals surface area (Å²) < 4.78 is 0. The van der Waals surface area contributed by atoms with Crippen LogP contribution in [0.3, 0.4) is 0 Å². The van der Waals surface area contributed by atoms with Gasteiger partial charge in [0.1, 0.15) is 0 Å². The Morgan fingerprint density at radius 3 is 2.57 bits per heavy atom. The molecule has 0 spiro atoms. The molecule has 0 bridgehead atoms. The van der Waals surface area contributed by atoms with Crippen molar-refractivity contribution in [2.75, 3.05) is 10.6 Å². The van der Waals surface area contributed by atoms with E-state index >= 15 is 0 Å². The monoisotopic (exact) mass is 287 g/mol. The normalized spacial score (nSPS) is 9.95. The van der Waals surface area contributed by atoms with Gasteiger partial charge >= 0.3 is 11.7 Å². The molecule has 0 radical (unpaired) electrons. The van der Waals surface area contributed by atoms with E-state index in [0.717, 1.165) is 17.7 Å². The summed E-state index contributed by atoms with van der Waals surface area (Å²) in [5.74, 6) is -0.454. The number of carbonyl (C=O) groups excluding carboxylic acids is 1. The van der Waals surface area contributed by atoms with Gasteiger partial charge in [-0.15, -0.1) is 0 Å². The summed E-state index contributed by atoms with van der Waals surface area (Å²) in [5.41, 5.74) is 1.28. The number of carbonyl (C=O) groups is 1. The fourth-order valence-electron chi connectivity index (χ4n) is 1.75. The van der Waals surface area contributed by atoms with E-state index in [1.807, 2.05) is 19.1 Å². The number of phenols is 1. The van der Waals surface area contributed by atoms with E-state index < -0.39 is 22.4 Å². The lowest BCUT2D eigenvalue weighted by Gasteiger charge is -2.09. The van der Waals surface area contributed by atoms with Crippen molar-refractivity contribution in [1.29, 1.82) is 0 Å². The van der Waals surface area contributed by atoms with Gasteiger partial charge in [0.15, 0.2) is 5.75 Å². The highest BCUT2D eigenvalue weighted by Crippen LogP contribution is 2.28. The molecule has 0 atom stereocenters. The van der Waals surface area contributed by atoms with Crippen LogP contribution >= 0.6 is 0 Å². The number of benzene rings is 2. The van der Waals surface area contributed by atoms with Gasteiger partial charge in [-0.2, -0.15) is 0 Å². The zero-order valence-electron chi connectivity index (χ0n) is 11.2. The lowest BCUT2D eigenvalue weighted by Crippen LogP contribution is -2.19. The molecule has 2 amide bonds. The number of nitrogens with one attached hydrogen (secondary N) is 2. The number of nitrogens with zero attached hydrogens (tertiary/aromatic N) is 1. The summed E-state index contributed by atoms with van der Waals surface area (Å²) >= 11 is 0. The summed E-state index contributed by atoms with van der Waals surface area (Å²) in [4.78, 5) is 21.8. The summed E-state index contributed by atoms with van der Waals surface area (Å²) in [7, 11) is 0. The van der Waals surface area contributed by atoms with Gasteiger partial charge in [0.05, 0.1) is 4.92 Å². The largest absolute Gasteiger partial charge is 0.502 e. The van der Waals surface area contributed by atoms with E-state index in [2.05, 4.69) is 10.6 Å². The molecule has 0 saturated heterocycles. The van der Waals surface area contributed by atoms with Crippen molar-refractivity contribution >= 4 is 23.1 Å². The van der Waals surface area contributed by atoms with Gasteiger partial charge in [-0.1, -0.05) is 18.2 Å². The van der Waals surface area contributed by atoms with Crippen molar-refractivity contribution in [3.63, 3.8) is 0 Å². The van der Waals surface area contributed by atoms with Crippen LogP contribution in [0.2, 0.25) is 0 Å². The van der Waals surface area contributed by atoms with Crippen molar-refractivity contribution < 1.29 is 14.8 Å². The molecule has 7 nitrogen and oxygen atoms in total. The maximum absolute atomic E-state index is 11.8. The first-order chi connectivity index (χ1) is 9.97. The van der Waals surface area contributed by atoms with Gasteiger partial charge in [-0.05, 0) is 30.7 Å². The number of aromatic hydroxyl groups is 1. The molecule has 2 aromatic carbocycles. The summed E-state index contributed by atoms with van der Waals surface area (Å²) in [5, 5.41) is 25.2. The predicted molar refractivity (Wildman–Crippen MR) is 78.6 cm³/mol. The van der Waals surface area contributed by atoms with E-state index in [1.165, 1.54) is 6.07 Å².